The maximum absolute atomic E-state index is 12.5. The first-order valence-corrected chi connectivity index (χ1v) is 18.3. The van der Waals surface area contributed by atoms with Crippen LogP contribution >= 0.6 is 0 Å². The predicted octanol–water partition coefficient (Wildman–Crippen LogP) is 11.9. The fourth-order valence-electron chi connectivity index (χ4n) is 5.60. The van der Waals surface area contributed by atoms with Crippen LogP contribution in [0.4, 0.5) is 0 Å². The van der Waals surface area contributed by atoms with Crippen LogP contribution in [-0.4, -0.2) is 25.2 Å². The van der Waals surface area contributed by atoms with Gasteiger partial charge in [-0.2, -0.15) is 0 Å². The van der Waals surface area contributed by atoms with Gasteiger partial charge in [-0.05, 0) is 31.6 Å². The number of ether oxygens (including phenoxy) is 2. The van der Waals surface area contributed by atoms with Gasteiger partial charge in [-0.3, -0.25) is 9.59 Å². The highest BCUT2D eigenvalue weighted by Gasteiger charge is 2.23. The first kappa shape index (κ1) is 39.9. The van der Waals surface area contributed by atoms with Gasteiger partial charge in [0.25, 0.3) is 0 Å². The van der Waals surface area contributed by atoms with E-state index in [1.165, 1.54) is 128 Å². The number of hydrogen-bond donors (Lipinski definition) is 0. The molecule has 0 aromatic carbocycles. The molecule has 4 heteroatoms. The third-order valence-corrected chi connectivity index (χ3v) is 8.51. The van der Waals surface area contributed by atoms with E-state index in [4.69, 9.17) is 9.47 Å². The van der Waals surface area contributed by atoms with Crippen molar-refractivity contribution in [1.82, 2.24) is 0 Å². The Morgan fingerprint density at radius 2 is 0.829 bits per heavy atom. The monoisotopic (exact) mass is 581 g/mol. The van der Waals surface area contributed by atoms with Crippen LogP contribution in [-0.2, 0) is 19.1 Å². The van der Waals surface area contributed by atoms with Gasteiger partial charge in [0, 0.05) is 6.42 Å². The number of unbranched alkanes of at least 4 members (excludes halogenated alkanes) is 22. The van der Waals surface area contributed by atoms with E-state index in [0.717, 1.165) is 38.5 Å². The van der Waals surface area contributed by atoms with Crippen LogP contribution in [0.15, 0.2) is 0 Å². The van der Waals surface area contributed by atoms with Gasteiger partial charge in [0.2, 0.25) is 0 Å². The van der Waals surface area contributed by atoms with Crippen LogP contribution in [0.1, 0.15) is 201 Å². The van der Waals surface area contributed by atoms with E-state index in [2.05, 4.69) is 27.7 Å². The lowest BCUT2D eigenvalue weighted by Gasteiger charge is -2.19. The molecule has 0 saturated carbocycles. The fraction of sp³-hybridized carbons (Fsp3) is 0.946. The Hall–Kier alpha value is -1.06. The Morgan fingerprint density at radius 3 is 1.27 bits per heavy atom. The lowest BCUT2D eigenvalue weighted by atomic mass is 9.90. The van der Waals surface area contributed by atoms with Crippen molar-refractivity contribution in [2.24, 2.45) is 11.8 Å². The molecule has 0 aliphatic heterocycles. The Bertz CT molecular complexity index is 559. The van der Waals surface area contributed by atoms with Gasteiger partial charge < -0.3 is 9.47 Å². The second-order valence-electron chi connectivity index (χ2n) is 12.9. The van der Waals surface area contributed by atoms with E-state index in [1.54, 1.807) is 0 Å². The van der Waals surface area contributed by atoms with Crippen LogP contribution in [0.3, 0.4) is 0 Å². The van der Waals surface area contributed by atoms with Gasteiger partial charge in [-0.15, -0.1) is 0 Å². The van der Waals surface area contributed by atoms with Gasteiger partial charge in [0.1, 0.15) is 0 Å². The third-order valence-electron chi connectivity index (χ3n) is 8.51. The molecule has 0 amide bonds. The predicted molar refractivity (Wildman–Crippen MR) is 176 cm³/mol. The zero-order chi connectivity index (χ0) is 30.2. The summed E-state index contributed by atoms with van der Waals surface area (Å²) >= 11 is 0. The molecule has 0 aromatic rings. The second kappa shape index (κ2) is 31.9. The molecule has 0 radical (unpaired) electrons. The molecule has 0 aliphatic carbocycles. The van der Waals surface area contributed by atoms with Crippen molar-refractivity contribution < 1.29 is 19.1 Å². The molecular formula is C37H72O4. The molecule has 0 spiro atoms. The summed E-state index contributed by atoms with van der Waals surface area (Å²) in [5, 5.41) is 0. The summed E-state index contributed by atoms with van der Waals surface area (Å²) in [5.74, 6) is 0.469. The lowest BCUT2D eigenvalue weighted by molar-refractivity contribution is -0.150. The first-order valence-electron chi connectivity index (χ1n) is 18.3. The van der Waals surface area contributed by atoms with Crippen molar-refractivity contribution in [1.29, 1.82) is 0 Å². The van der Waals surface area contributed by atoms with Gasteiger partial charge >= 0.3 is 11.9 Å². The maximum Gasteiger partial charge on any atom is 0.309 e. The summed E-state index contributed by atoms with van der Waals surface area (Å²) in [6.07, 6.45) is 32.7. The molecule has 0 aliphatic rings. The minimum absolute atomic E-state index is 0.000365. The summed E-state index contributed by atoms with van der Waals surface area (Å²) in [7, 11) is 0. The molecule has 41 heavy (non-hydrogen) atoms. The van der Waals surface area contributed by atoms with E-state index < -0.39 is 0 Å². The topological polar surface area (TPSA) is 52.6 Å². The summed E-state index contributed by atoms with van der Waals surface area (Å²) in [5.41, 5.74) is 0. The first-order chi connectivity index (χ1) is 20.0. The summed E-state index contributed by atoms with van der Waals surface area (Å²) in [6, 6.07) is 0. The van der Waals surface area contributed by atoms with Crippen LogP contribution in [0, 0.1) is 11.8 Å². The molecule has 0 bridgehead atoms. The highest BCUT2D eigenvalue weighted by Crippen LogP contribution is 2.22. The van der Waals surface area contributed by atoms with E-state index in [-0.39, 0.29) is 17.9 Å². The normalized spacial score (nSPS) is 12.1. The smallest absolute Gasteiger partial charge is 0.309 e. The summed E-state index contributed by atoms with van der Waals surface area (Å²) in [4.78, 5) is 24.4. The average Bonchev–Trinajstić information content (AvgIpc) is 2.95. The van der Waals surface area contributed by atoms with Crippen molar-refractivity contribution in [2.45, 2.75) is 201 Å². The minimum Gasteiger partial charge on any atom is -0.466 e. The molecular weight excluding hydrogens is 508 g/mol. The van der Waals surface area contributed by atoms with Gasteiger partial charge in [-0.25, -0.2) is 0 Å². The van der Waals surface area contributed by atoms with E-state index >= 15 is 0 Å². The van der Waals surface area contributed by atoms with Crippen LogP contribution in [0.5, 0.6) is 0 Å². The Balaban J connectivity index is 3.47. The molecule has 0 aromatic heterocycles. The quantitative estimate of drug-likeness (QED) is 0.0586. The van der Waals surface area contributed by atoms with Gasteiger partial charge in [0.05, 0.1) is 19.1 Å². The largest absolute Gasteiger partial charge is 0.466 e. The van der Waals surface area contributed by atoms with E-state index in [9.17, 15) is 9.59 Å². The SMILES string of the molecule is CCCCCCCCOC(=O)CCCCCCCCCCCCCCCC(C(=O)OCCCCCCCC)C(C)C. The highest BCUT2D eigenvalue weighted by molar-refractivity contribution is 5.72. The van der Waals surface area contributed by atoms with Crippen molar-refractivity contribution in [3.63, 3.8) is 0 Å². The van der Waals surface area contributed by atoms with Gasteiger partial charge in [-0.1, -0.05) is 169 Å². The van der Waals surface area contributed by atoms with Crippen LogP contribution in [0.25, 0.3) is 0 Å². The minimum atomic E-state index is -0.000365. The van der Waals surface area contributed by atoms with Crippen molar-refractivity contribution in [3.8, 4) is 0 Å². The molecule has 0 saturated heterocycles. The van der Waals surface area contributed by atoms with Crippen LogP contribution < -0.4 is 0 Å². The Morgan fingerprint density at radius 1 is 0.463 bits per heavy atom. The summed E-state index contributed by atoms with van der Waals surface area (Å²) in [6.45, 7) is 10.00. The molecule has 0 N–H and O–H groups in total. The van der Waals surface area contributed by atoms with E-state index in [0.29, 0.717) is 25.6 Å². The fourth-order valence-corrected chi connectivity index (χ4v) is 5.60. The maximum atomic E-state index is 12.5. The number of carbonyl (C=O) groups is 2. The zero-order valence-electron chi connectivity index (χ0n) is 28.3. The standard InChI is InChI=1S/C37H72O4/c1-5-7-9-11-24-28-32-40-36(38)31-27-23-21-19-17-15-13-14-16-18-20-22-26-30-35(34(3)4)37(39)41-33-29-25-12-10-8-6-2/h34-35H,5-33H2,1-4H3. The molecule has 244 valence electrons. The molecule has 4 nitrogen and oxygen atoms in total. The lowest BCUT2D eigenvalue weighted by Crippen LogP contribution is -2.23. The van der Waals surface area contributed by atoms with Gasteiger partial charge in [0.15, 0.2) is 0 Å². The molecule has 0 heterocycles. The molecule has 0 fully saturated rings. The number of rotatable bonds is 32. The highest BCUT2D eigenvalue weighted by atomic mass is 16.5. The van der Waals surface area contributed by atoms with Crippen molar-refractivity contribution in [2.75, 3.05) is 13.2 Å². The van der Waals surface area contributed by atoms with E-state index in [1.807, 2.05) is 0 Å². The second-order valence-corrected chi connectivity index (χ2v) is 12.9. The number of hydrogen-bond acceptors (Lipinski definition) is 4. The van der Waals surface area contributed by atoms with Crippen molar-refractivity contribution >= 4 is 11.9 Å². The molecule has 0 rings (SSSR count). The third kappa shape index (κ3) is 28.8. The molecule has 1 unspecified atom stereocenters. The number of esters is 2. The van der Waals surface area contributed by atoms with Crippen molar-refractivity contribution in [3.05, 3.63) is 0 Å². The average molecular weight is 581 g/mol. The molecule has 1 atom stereocenters. The zero-order valence-corrected chi connectivity index (χ0v) is 28.3. The van der Waals surface area contributed by atoms with Crippen LogP contribution in [0.2, 0.25) is 0 Å². The Kier molecular flexibility index (Phi) is 31.0. The number of carbonyl (C=O) groups excluding carboxylic acids is 2. The summed E-state index contributed by atoms with van der Waals surface area (Å²) < 4.78 is 11.0. The Labute approximate surface area is 256 Å².